The molecule has 1 aliphatic rings. The Balaban J connectivity index is 2.27. The average molecular weight is 216 g/mol. The maximum atomic E-state index is 11.7. The minimum atomic E-state index is -0.299. The highest BCUT2D eigenvalue weighted by atomic mass is 16.5. The second-order valence-electron chi connectivity index (χ2n) is 3.62. The van der Waals surface area contributed by atoms with Crippen LogP contribution in [0.2, 0.25) is 0 Å². The zero-order chi connectivity index (χ0) is 11.5. The van der Waals surface area contributed by atoms with Gasteiger partial charge in [-0.25, -0.2) is 4.79 Å². The van der Waals surface area contributed by atoms with Crippen molar-refractivity contribution < 1.29 is 9.53 Å². The second kappa shape index (κ2) is 4.73. The Hall–Kier alpha value is -1.25. The quantitative estimate of drug-likeness (QED) is 0.787. The van der Waals surface area contributed by atoms with Crippen molar-refractivity contribution in [2.45, 2.75) is 13.8 Å². The summed E-state index contributed by atoms with van der Waals surface area (Å²) in [5.74, 6) is 0.744. The molecule has 1 N–H and O–H groups in total. The number of H-pyrrole nitrogens is 1. The number of nitrogens with one attached hydrogen (secondary N) is 1. The highest BCUT2D eigenvalue weighted by Gasteiger charge is 2.27. The topological polar surface area (TPSA) is 42.1 Å². The van der Waals surface area contributed by atoms with Crippen molar-refractivity contribution in [3.05, 3.63) is 54.6 Å². The maximum absolute atomic E-state index is 11.7. The lowest BCUT2D eigenvalue weighted by atomic mass is 9.94. The number of aromatic nitrogens is 1. The van der Waals surface area contributed by atoms with Gasteiger partial charge in [0.1, 0.15) is 5.69 Å². The number of aryl methyl sites for hydroxylation is 1. The van der Waals surface area contributed by atoms with E-state index in [0.29, 0.717) is 12.3 Å². The van der Waals surface area contributed by atoms with Gasteiger partial charge in [-0.15, -0.1) is 0 Å². The summed E-state index contributed by atoms with van der Waals surface area (Å²) in [5, 5.41) is 0. The van der Waals surface area contributed by atoms with E-state index in [1.807, 2.05) is 38.8 Å². The van der Waals surface area contributed by atoms with Gasteiger partial charge >= 0.3 is 5.97 Å². The molecule has 0 aromatic carbocycles. The molecular formula is C13H14NO2. The number of rotatable bonds is 3. The molecule has 2 rings (SSSR count). The van der Waals surface area contributed by atoms with Crippen LogP contribution in [0.15, 0.2) is 6.20 Å². The first-order chi connectivity index (χ1) is 7.74. The Bertz CT molecular complexity index is 375. The van der Waals surface area contributed by atoms with Gasteiger partial charge in [0.2, 0.25) is 0 Å². The van der Waals surface area contributed by atoms with Gasteiger partial charge in [-0.1, -0.05) is 0 Å². The highest BCUT2D eigenvalue weighted by molar-refractivity contribution is 5.91. The molecule has 0 unspecified atom stereocenters. The zero-order valence-corrected chi connectivity index (χ0v) is 9.41. The number of carbonyl (C=O) groups excluding carboxylic acids is 1. The summed E-state index contributed by atoms with van der Waals surface area (Å²) in [6.45, 7) is 4.16. The molecule has 1 fully saturated rings. The molecule has 5 radical (unpaired) electrons. The van der Waals surface area contributed by atoms with Crippen LogP contribution in [0.5, 0.6) is 0 Å². The third-order valence-corrected chi connectivity index (χ3v) is 2.51. The summed E-state index contributed by atoms with van der Waals surface area (Å²) in [6.07, 6.45) is 9.71. The van der Waals surface area contributed by atoms with Crippen LogP contribution in [0.1, 0.15) is 28.5 Å². The van der Waals surface area contributed by atoms with E-state index in [2.05, 4.69) is 4.98 Å². The molecule has 16 heavy (non-hydrogen) atoms. The molecule has 0 amide bonds. The van der Waals surface area contributed by atoms with E-state index in [1.165, 1.54) is 0 Å². The van der Waals surface area contributed by atoms with Crippen LogP contribution in [-0.4, -0.2) is 17.6 Å². The van der Waals surface area contributed by atoms with Crippen molar-refractivity contribution in [1.82, 2.24) is 4.98 Å². The summed E-state index contributed by atoms with van der Waals surface area (Å²) in [6, 6.07) is 0. The molecule has 1 aromatic rings. The summed E-state index contributed by atoms with van der Waals surface area (Å²) < 4.78 is 5.01. The number of hydrogen-bond acceptors (Lipinski definition) is 2. The monoisotopic (exact) mass is 216 g/mol. The van der Waals surface area contributed by atoms with E-state index in [4.69, 9.17) is 4.74 Å². The molecule has 1 aliphatic carbocycles. The maximum Gasteiger partial charge on any atom is 0.355 e. The van der Waals surface area contributed by atoms with Crippen LogP contribution in [-0.2, 0) is 4.74 Å². The van der Waals surface area contributed by atoms with Gasteiger partial charge < -0.3 is 9.72 Å². The lowest BCUT2D eigenvalue weighted by Gasteiger charge is -2.10. The summed E-state index contributed by atoms with van der Waals surface area (Å²) >= 11 is 0. The van der Waals surface area contributed by atoms with E-state index < -0.39 is 0 Å². The van der Waals surface area contributed by atoms with Crippen molar-refractivity contribution in [3.63, 3.8) is 0 Å². The number of hydrogen-bond donors (Lipinski definition) is 1. The Kier molecular flexibility index (Phi) is 3.32. The smallest absolute Gasteiger partial charge is 0.355 e. The summed E-state index contributed by atoms with van der Waals surface area (Å²) in [5.41, 5.74) is 2.52. The lowest BCUT2D eigenvalue weighted by Crippen LogP contribution is -2.10. The van der Waals surface area contributed by atoms with Crippen LogP contribution in [0.4, 0.5) is 0 Å². The minimum Gasteiger partial charge on any atom is -0.461 e. The van der Waals surface area contributed by atoms with E-state index in [-0.39, 0.29) is 5.97 Å². The summed E-state index contributed by atoms with van der Waals surface area (Å²) in [7, 11) is 0. The molecule has 3 heteroatoms. The van der Waals surface area contributed by atoms with Crippen molar-refractivity contribution in [3.8, 4) is 0 Å². The molecule has 83 valence electrons. The van der Waals surface area contributed by atoms with Crippen LogP contribution < -0.4 is 0 Å². The average Bonchev–Trinajstić information content (AvgIpc) is 2.86. The molecule has 0 aliphatic heterocycles. The van der Waals surface area contributed by atoms with Gasteiger partial charge in [0.05, 0.1) is 6.61 Å². The van der Waals surface area contributed by atoms with Gasteiger partial charge in [0, 0.05) is 12.1 Å². The van der Waals surface area contributed by atoms with Crippen LogP contribution >= 0.6 is 0 Å². The van der Waals surface area contributed by atoms with Crippen LogP contribution in [0.3, 0.4) is 0 Å². The van der Waals surface area contributed by atoms with Gasteiger partial charge in [0.25, 0.3) is 0 Å². The first kappa shape index (κ1) is 11.2. The second-order valence-corrected chi connectivity index (χ2v) is 3.62. The van der Waals surface area contributed by atoms with Gasteiger partial charge in [-0.2, -0.15) is 0 Å². The van der Waals surface area contributed by atoms with Gasteiger partial charge in [0.15, 0.2) is 0 Å². The van der Waals surface area contributed by atoms with Crippen molar-refractivity contribution in [2.24, 2.45) is 0 Å². The van der Waals surface area contributed by atoms with Crippen molar-refractivity contribution in [1.29, 1.82) is 0 Å². The van der Waals surface area contributed by atoms with Crippen LogP contribution in [0.25, 0.3) is 0 Å². The normalized spacial score (nSPS) is 16.6. The number of ether oxygens (including phenoxy) is 1. The SMILES string of the molecule is CCOC(=O)c1[nH]cc(C)c1[C]1[CH][CH][CH][CH]1. The lowest BCUT2D eigenvalue weighted by molar-refractivity contribution is 0.0519. The Morgan fingerprint density at radius 2 is 2.06 bits per heavy atom. The Morgan fingerprint density at radius 1 is 1.38 bits per heavy atom. The fourth-order valence-corrected chi connectivity index (χ4v) is 1.80. The molecule has 1 saturated carbocycles. The van der Waals surface area contributed by atoms with Gasteiger partial charge in [-0.3, -0.25) is 0 Å². The molecule has 0 spiro atoms. The molecule has 0 atom stereocenters. The fourth-order valence-electron chi connectivity index (χ4n) is 1.80. The zero-order valence-electron chi connectivity index (χ0n) is 9.41. The fraction of sp³-hybridized carbons (Fsp3) is 0.231. The van der Waals surface area contributed by atoms with E-state index in [9.17, 15) is 4.79 Å². The standard InChI is InChI=1S/C13H14NO2/c1-3-16-13(15)12-11(9(2)8-14-12)10-6-4-5-7-10/h4-8,14H,3H2,1-2H3. The van der Waals surface area contributed by atoms with E-state index in [1.54, 1.807) is 6.92 Å². The number of aromatic amines is 1. The predicted molar refractivity (Wildman–Crippen MR) is 61.0 cm³/mol. The van der Waals surface area contributed by atoms with Crippen molar-refractivity contribution >= 4 is 5.97 Å². The third kappa shape index (κ3) is 1.99. The highest BCUT2D eigenvalue weighted by Crippen LogP contribution is 2.34. The first-order valence-corrected chi connectivity index (χ1v) is 5.31. The molecule has 3 nitrogen and oxygen atoms in total. The van der Waals surface area contributed by atoms with Gasteiger partial charge in [-0.05, 0) is 50.7 Å². The van der Waals surface area contributed by atoms with Crippen LogP contribution in [0, 0.1) is 38.5 Å². The third-order valence-electron chi connectivity index (χ3n) is 2.51. The number of esters is 1. The Morgan fingerprint density at radius 3 is 2.69 bits per heavy atom. The van der Waals surface area contributed by atoms with E-state index >= 15 is 0 Å². The summed E-state index contributed by atoms with van der Waals surface area (Å²) in [4.78, 5) is 14.7. The Labute approximate surface area is 96.2 Å². The molecule has 1 heterocycles. The van der Waals surface area contributed by atoms with E-state index in [0.717, 1.165) is 17.0 Å². The first-order valence-electron chi connectivity index (χ1n) is 5.31. The molecule has 0 saturated heterocycles. The molecule has 0 bridgehead atoms. The minimum absolute atomic E-state index is 0.299. The molecular weight excluding hydrogens is 202 g/mol. The number of carbonyl (C=O) groups is 1. The predicted octanol–water partition coefficient (Wildman–Crippen LogP) is 2.25. The molecule has 1 aromatic heterocycles. The largest absolute Gasteiger partial charge is 0.461 e. The van der Waals surface area contributed by atoms with Crippen molar-refractivity contribution in [2.75, 3.05) is 6.61 Å².